The maximum atomic E-state index is 11.6. The number of nitrogens with one attached hydrogen (secondary N) is 1. The molecular weight excluding hydrogens is 244 g/mol. The van der Waals surface area contributed by atoms with E-state index in [9.17, 15) is 4.79 Å². The summed E-state index contributed by atoms with van der Waals surface area (Å²) in [6.45, 7) is 6.78. The number of carbonyl (C=O) groups is 1. The van der Waals surface area contributed by atoms with E-state index in [-0.39, 0.29) is 5.78 Å². The molecule has 0 bridgehead atoms. The molecule has 1 aromatic heterocycles. The number of rotatable bonds is 5. The van der Waals surface area contributed by atoms with Crippen molar-refractivity contribution >= 4 is 22.3 Å². The van der Waals surface area contributed by atoms with Gasteiger partial charge in [0.1, 0.15) is 5.00 Å². The zero-order chi connectivity index (χ0) is 13.2. The Hall–Kier alpha value is -0.900. The summed E-state index contributed by atoms with van der Waals surface area (Å²) in [6.07, 6.45) is 6.52. The number of ketones is 1. The van der Waals surface area contributed by atoms with Crippen LogP contribution in [-0.4, -0.2) is 16.7 Å². The number of aryl methyl sites for hydroxylation is 1. The summed E-state index contributed by atoms with van der Waals surface area (Å²) in [5, 5.41) is 4.44. The predicted molar refractivity (Wildman–Crippen MR) is 76.5 cm³/mol. The summed E-state index contributed by atoms with van der Waals surface area (Å²) >= 11 is 1.42. The molecule has 0 spiro atoms. The molecule has 0 unspecified atom stereocenters. The van der Waals surface area contributed by atoms with E-state index in [0.717, 1.165) is 22.8 Å². The molecule has 3 nitrogen and oxygen atoms in total. The Balaban J connectivity index is 2.08. The topological polar surface area (TPSA) is 42.0 Å². The van der Waals surface area contributed by atoms with Crippen LogP contribution in [0.5, 0.6) is 0 Å². The van der Waals surface area contributed by atoms with E-state index in [1.165, 1.54) is 43.6 Å². The quantitative estimate of drug-likeness (QED) is 0.818. The van der Waals surface area contributed by atoms with Gasteiger partial charge >= 0.3 is 0 Å². The molecule has 2 rings (SSSR count). The van der Waals surface area contributed by atoms with E-state index < -0.39 is 0 Å². The van der Waals surface area contributed by atoms with Crippen LogP contribution >= 0.6 is 11.5 Å². The molecule has 1 fully saturated rings. The van der Waals surface area contributed by atoms with Gasteiger partial charge in [0.2, 0.25) is 0 Å². The van der Waals surface area contributed by atoms with Crippen LogP contribution in [0.3, 0.4) is 0 Å². The molecule has 1 saturated carbocycles. The van der Waals surface area contributed by atoms with E-state index in [0.29, 0.717) is 5.41 Å². The van der Waals surface area contributed by atoms with E-state index in [1.54, 1.807) is 6.92 Å². The summed E-state index contributed by atoms with van der Waals surface area (Å²) in [6, 6.07) is 0. The van der Waals surface area contributed by atoms with Crippen molar-refractivity contribution in [2.24, 2.45) is 5.41 Å². The molecule has 100 valence electrons. The molecule has 0 saturated heterocycles. The summed E-state index contributed by atoms with van der Waals surface area (Å²) in [4.78, 5) is 11.6. The van der Waals surface area contributed by atoms with Gasteiger partial charge in [-0.15, -0.1) is 0 Å². The first-order valence-corrected chi connectivity index (χ1v) is 7.56. The van der Waals surface area contributed by atoms with E-state index in [1.807, 2.05) is 6.92 Å². The fraction of sp³-hybridized carbons (Fsp3) is 0.714. The fourth-order valence-corrected chi connectivity index (χ4v) is 3.79. The first kappa shape index (κ1) is 13.5. The lowest BCUT2D eigenvalue weighted by Gasteiger charge is -2.27. The molecule has 0 aromatic carbocycles. The summed E-state index contributed by atoms with van der Waals surface area (Å²) in [5.41, 5.74) is 2.07. The minimum absolute atomic E-state index is 0.112. The average molecular weight is 266 g/mol. The van der Waals surface area contributed by atoms with Gasteiger partial charge in [-0.2, -0.15) is 4.37 Å². The molecule has 1 heterocycles. The highest BCUT2D eigenvalue weighted by Gasteiger charge is 2.32. The van der Waals surface area contributed by atoms with Crippen molar-refractivity contribution in [3.8, 4) is 0 Å². The predicted octanol–water partition coefficient (Wildman–Crippen LogP) is 4.04. The van der Waals surface area contributed by atoms with Gasteiger partial charge in [0, 0.05) is 6.54 Å². The van der Waals surface area contributed by atoms with Crippen LogP contribution in [-0.2, 0) is 0 Å². The minimum atomic E-state index is 0.112. The Labute approximate surface area is 113 Å². The van der Waals surface area contributed by atoms with Crippen LogP contribution < -0.4 is 5.32 Å². The summed E-state index contributed by atoms with van der Waals surface area (Å²) < 4.78 is 4.29. The second kappa shape index (κ2) is 5.39. The van der Waals surface area contributed by atoms with Gasteiger partial charge in [0.15, 0.2) is 5.78 Å². The Kier molecular flexibility index (Phi) is 4.05. The normalized spacial score (nSPS) is 17.9. The Morgan fingerprint density at radius 2 is 2.11 bits per heavy atom. The zero-order valence-corrected chi connectivity index (χ0v) is 12.3. The highest BCUT2D eigenvalue weighted by atomic mass is 32.1. The number of aromatic nitrogens is 1. The minimum Gasteiger partial charge on any atom is -0.375 e. The first-order valence-electron chi connectivity index (χ1n) is 6.79. The number of Topliss-reactive ketones (excluding diaryl/α,β-unsaturated/α-hetero) is 1. The summed E-state index contributed by atoms with van der Waals surface area (Å²) in [5.74, 6) is 0.112. The Bertz CT molecular complexity index is 433. The van der Waals surface area contributed by atoms with Crippen molar-refractivity contribution in [3.63, 3.8) is 0 Å². The highest BCUT2D eigenvalue weighted by molar-refractivity contribution is 7.10. The maximum Gasteiger partial charge on any atom is 0.164 e. The number of carbonyl (C=O) groups excluding carboxylic acids is 1. The van der Waals surface area contributed by atoms with Crippen LogP contribution in [0.4, 0.5) is 5.00 Å². The van der Waals surface area contributed by atoms with E-state index in [4.69, 9.17) is 0 Å². The lowest BCUT2D eigenvalue weighted by molar-refractivity contribution is 0.101. The second-order valence-electron chi connectivity index (χ2n) is 5.44. The standard InChI is InChI=1S/C14H22N2OS/c1-4-14(7-5-6-8-14)9-15-13-12(11(3)17)10(2)16-18-13/h15H,4-9H2,1-3H3. The van der Waals surface area contributed by atoms with Crippen molar-refractivity contribution in [2.75, 3.05) is 11.9 Å². The largest absolute Gasteiger partial charge is 0.375 e. The molecule has 1 aliphatic carbocycles. The third kappa shape index (κ3) is 2.58. The molecule has 1 aliphatic rings. The van der Waals surface area contributed by atoms with Gasteiger partial charge in [0.25, 0.3) is 0 Å². The fourth-order valence-electron chi connectivity index (χ4n) is 2.95. The van der Waals surface area contributed by atoms with E-state index in [2.05, 4.69) is 16.6 Å². The third-order valence-corrected chi connectivity index (χ3v) is 5.15. The van der Waals surface area contributed by atoms with Gasteiger partial charge < -0.3 is 5.32 Å². The number of anilines is 1. The van der Waals surface area contributed by atoms with Crippen molar-refractivity contribution in [3.05, 3.63) is 11.3 Å². The maximum absolute atomic E-state index is 11.6. The van der Waals surface area contributed by atoms with Crippen LogP contribution in [0.15, 0.2) is 0 Å². The molecule has 18 heavy (non-hydrogen) atoms. The number of hydrogen-bond donors (Lipinski definition) is 1. The molecule has 1 N–H and O–H groups in total. The average Bonchev–Trinajstić information content (AvgIpc) is 2.94. The molecule has 0 radical (unpaired) electrons. The van der Waals surface area contributed by atoms with Gasteiger partial charge in [0.05, 0.1) is 11.3 Å². The lowest BCUT2D eigenvalue weighted by Crippen LogP contribution is -2.26. The van der Waals surface area contributed by atoms with Crippen LogP contribution in [0.2, 0.25) is 0 Å². The van der Waals surface area contributed by atoms with Crippen molar-refractivity contribution in [1.82, 2.24) is 4.37 Å². The van der Waals surface area contributed by atoms with Crippen LogP contribution in [0.1, 0.15) is 62.0 Å². The number of hydrogen-bond acceptors (Lipinski definition) is 4. The monoisotopic (exact) mass is 266 g/mol. The Morgan fingerprint density at radius 3 is 2.67 bits per heavy atom. The van der Waals surface area contributed by atoms with Gasteiger partial charge in [-0.25, -0.2) is 0 Å². The van der Waals surface area contributed by atoms with Gasteiger partial charge in [-0.3, -0.25) is 4.79 Å². The van der Waals surface area contributed by atoms with Crippen molar-refractivity contribution in [2.45, 2.75) is 52.9 Å². The molecule has 1 aromatic rings. The van der Waals surface area contributed by atoms with Gasteiger partial charge in [-0.05, 0) is 50.1 Å². The van der Waals surface area contributed by atoms with Crippen molar-refractivity contribution < 1.29 is 4.79 Å². The highest BCUT2D eigenvalue weighted by Crippen LogP contribution is 2.41. The van der Waals surface area contributed by atoms with E-state index >= 15 is 0 Å². The second-order valence-corrected chi connectivity index (χ2v) is 6.22. The first-order chi connectivity index (χ1) is 8.58. The molecular formula is C14H22N2OS. The number of nitrogens with zero attached hydrogens (tertiary/aromatic N) is 1. The molecule has 0 aliphatic heterocycles. The van der Waals surface area contributed by atoms with Gasteiger partial charge in [-0.1, -0.05) is 19.8 Å². The molecule has 0 amide bonds. The smallest absolute Gasteiger partial charge is 0.164 e. The third-order valence-electron chi connectivity index (χ3n) is 4.25. The molecule has 0 atom stereocenters. The van der Waals surface area contributed by atoms with Crippen LogP contribution in [0, 0.1) is 12.3 Å². The van der Waals surface area contributed by atoms with Crippen molar-refractivity contribution in [1.29, 1.82) is 0 Å². The zero-order valence-electron chi connectivity index (χ0n) is 11.5. The lowest BCUT2D eigenvalue weighted by atomic mass is 9.83. The summed E-state index contributed by atoms with van der Waals surface area (Å²) in [7, 11) is 0. The SMILES string of the molecule is CCC1(CNc2snc(C)c2C(C)=O)CCCC1. The molecule has 4 heteroatoms. The Morgan fingerprint density at radius 1 is 1.44 bits per heavy atom. The van der Waals surface area contributed by atoms with Crippen LogP contribution in [0.25, 0.3) is 0 Å².